The first kappa shape index (κ1) is 15.3. The summed E-state index contributed by atoms with van der Waals surface area (Å²) in [6.45, 7) is 8.49. The largest absolute Gasteiger partial charge is 0.476 e. The molecule has 0 saturated carbocycles. The quantitative estimate of drug-likeness (QED) is 0.912. The number of rotatable bonds is 4. The lowest BCUT2D eigenvalue weighted by Gasteiger charge is -2.26. The third-order valence-corrected chi connectivity index (χ3v) is 3.89. The molecule has 0 aliphatic rings. The van der Waals surface area contributed by atoms with Crippen molar-refractivity contribution >= 4 is 5.97 Å². The topological polar surface area (TPSA) is 63.3 Å². The molecule has 0 aliphatic heterocycles. The Morgan fingerprint density at radius 3 is 2.43 bits per heavy atom. The Labute approximate surface area is 124 Å². The Morgan fingerprint density at radius 1 is 1.29 bits per heavy atom. The fourth-order valence-electron chi connectivity index (χ4n) is 1.95. The third kappa shape index (κ3) is 3.51. The molecule has 1 N–H and O–H groups in total. The molecule has 2 aromatic rings. The van der Waals surface area contributed by atoms with Gasteiger partial charge in [0.25, 0.3) is 0 Å². The van der Waals surface area contributed by atoms with Gasteiger partial charge in [-0.25, -0.2) is 9.78 Å². The van der Waals surface area contributed by atoms with Crippen molar-refractivity contribution in [3.8, 4) is 11.5 Å². The maximum atomic E-state index is 11.4. The number of oxazole rings is 1. The summed E-state index contributed by atoms with van der Waals surface area (Å²) in [6.07, 6.45) is 0.560. The van der Waals surface area contributed by atoms with Crippen molar-refractivity contribution < 1.29 is 14.3 Å². The van der Waals surface area contributed by atoms with E-state index in [0.717, 1.165) is 5.56 Å². The Balaban J connectivity index is 2.37. The average molecular weight is 287 g/mol. The number of nitrogens with zero attached hydrogens (tertiary/aromatic N) is 1. The van der Waals surface area contributed by atoms with Crippen molar-refractivity contribution in [3.63, 3.8) is 0 Å². The van der Waals surface area contributed by atoms with E-state index in [4.69, 9.17) is 4.42 Å². The number of aromatic carboxylic acids is 1. The lowest BCUT2D eigenvalue weighted by molar-refractivity contribution is 0.0687. The van der Waals surface area contributed by atoms with E-state index in [-0.39, 0.29) is 17.0 Å². The average Bonchev–Trinajstić information content (AvgIpc) is 2.83. The molecule has 0 radical (unpaired) electrons. The number of carbonyl (C=O) groups is 1. The zero-order chi connectivity index (χ0) is 15.6. The molecule has 1 aromatic heterocycles. The van der Waals surface area contributed by atoms with Crippen LogP contribution in [-0.4, -0.2) is 16.1 Å². The standard InChI is InChI=1S/C17H21NO3/c1-11(17(2,3)4)10-13-14(16(19)20)18-15(21-13)12-8-6-5-7-9-12/h5-9,11H,10H2,1-4H3,(H,19,20). The van der Waals surface area contributed by atoms with Gasteiger partial charge >= 0.3 is 5.97 Å². The lowest BCUT2D eigenvalue weighted by Crippen LogP contribution is -2.20. The summed E-state index contributed by atoms with van der Waals surface area (Å²) < 4.78 is 5.74. The van der Waals surface area contributed by atoms with Crippen LogP contribution in [0, 0.1) is 11.3 Å². The minimum absolute atomic E-state index is 0.0185. The summed E-state index contributed by atoms with van der Waals surface area (Å²) >= 11 is 0. The van der Waals surface area contributed by atoms with Crippen molar-refractivity contribution in [3.05, 3.63) is 41.8 Å². The molecule has 0 saturated heterocycles. The second-order valence-electron chi connectivity index (χ2n) is 6.43. The molecule has 4 heteroatoms. The molecule has 1 heterocycles. The monoisotopic (exact) mass is 287 g/mol. The van der Waals surface area contributed by atoms with Crippen LogP contribution in [0.15, 0.2) is 34.7 Å². The highest BCUT2D eigenvalue weighted by Gasteiger charge is 2.26. The first-order valence-electron chi connectivity index (χ1n) is 7.07. The van der Waals surface area contributed by atoms with Gasteiger partial charge in [0.1, 0.15) is 5.76 Å². The highest BCUT2D eigenvalue weighted by Crippen LogP contribution is 2.31. The molecule has 0 bridgehead atoms. The van der Waals surface area contributed by atoms with Gasteiger partial charge in [0.2, 0.25) is 5.89 Å². The van der Waals surface area contributed by atoms with E-state index in [0.29, 0.717) is 18.1 Å². The number of benzene rings is 1. The zero-order valence-corrected chi connectivity index (χ0v) is 12.9. The van der Waals surface area contributed by atoms with Crippen LogP contribution < -0.4 is 0 Å². The van der Waals surface area contributed by atoms with E-state index in [1.165, 1.54) is 0 Å². The second-order valence-corrected chi connectivity index (χ2v) is 6.43. The summed E-state index contributed by atoms with van der Waals surface area (Å²) in [7, 11) is 0. The van der Waals surface area contributed by atoms with Gasteiger partial charge in [-0.15, -0.1) is 0 Å². The predicted molar refractivity (Wildman–Crippen MR) is 81.2 cm³/mol. The third-order valence-electron chi connectivity index (χ3n) is 3.89. The van der Waals surface area contributed by atoms with Crippen molar-refractivity contribution in [1.82, 2.24) is 4.98 Å². The molecular formula is C17H21NO3. The van der Waals surface area contributed by atoms with Crippen LogP contribution in [0.2, 0.25) is 0 Å². The maximum absolute atomic E-state index is 11.4. The normalized spacial score (nSPS) is 13.1. The molecule has 2 rings (SSSR count). The SMILES string of the molecule is CC(Cc1oc(-c2ccccc2)nc1C(=O)O)C(C)(C)C. The fourth-order valence-corrected chi connectivity index (χ4v) is 1.95. The minimum Gasteiger partial charge on any atom is -0.476 e. The van der Waals surface area contributed by atoms with Gasteiger partial charge in [-0.3, -0.25) is 0 Å². The molecule has 4 nitrogen and oxygen atoms in total. The predicted octanol–water partition coefficient (Wildman–Crippen LogP) is 4.26. The van der Waals surface area contributed by atoms with Crippen molar-refractivity contribution in [1.29, 1.82) is 0 Å². The molecule has 1 unspecified atom stereocenters. The molecular weight excluding hydrogens is 266 g/mol. The summed E-state index contributed by atoms with van der Waals surface area (Å²) in [6, 6.07) is 9.35. The van der Waals surface area contributed by atoms with Gasteiger partial charge in [-0.2, -0.15) is 0 Å². The number of hydrogen-bond acceptors (Lipinski definition) is 3. The Morgan fingerprint density at radius 2 is 1.90 bits per heavy atom. The van der Waals surface area contributed by atoms with Gasteiger partial charge in [-0.1, -0.05) is 45.9 Å². The van der Waals surface area contributed by atoms with Crippen LogP contribution in [0.4, 0.5) is 0 Å². The van der Waals surface area contributed by atoms with Crippen LogP contribution in [0.25, 0.3) is 11.5 Å². The summed E-state index contributed by atoms with van der Waals surface area (Å²) in [4.78, 5) is 15.5. The van der Waals surface area contributed by atoms with E-state index in [2.05, 4.69) is 32.7 Å². The molecule has 112 valence electrons. The smallest absolute Gasteiger partial charge is 0.358 e. The highest BCUT2D eigenvalue weighted by atomic mass is 16.4. The van der Waals surface area contributed by atoms with E-state index >= 15 is 0 Å². The number of aromatic nitrogens is 1. The Kier molecular flexibility index (Phi) is 4.16. The van der Waals surface area contributed by atoms with Crippen molar-refractivity contribution in [2.45, 2.75) is 34.1 Å². The lowest BCUT2D eigenvalue weighted by atomic mass is 9.79. The van der Waals surface area contributed by atoms with Gasteiger partial charge in [0, 0.05) is 12.0 Å². The minimum atomic E-state index is -1.04. The summed E-state index contributed by atoms with van der Waals surface area (Å²) in [5.41, 5.74) is 0.884. The van der Waals surface area contributed by atoms with Crippen LogP contribution >= 0.6 is 0 Å². The molecule has 0 amide bonds. The summed E-state index contributed by atoms with van der Waals surface area (Å²) in [5, 5.41) is 9.32. The molecule has 21 heavy (non-hydrogen) atoms. The van der Waals surface area contributed by atoms with Gasteiger partial charge in [-0.05, 0) is 23.5 Å². The molecule has 1 atom stereocenters. The Hall–Kier alpha value is -2.10. The Bertz CT molecular complexity index is 623. The second kappa shape index (κ2) is 5.72. The molecule has 0 spiro atoms. The number of hydrogen-bond donors (Lipinski definition) is 1. The molecule has 1 aromatic carbocycles. The van der Waals surface area contributed by atoms with Crippen LogP contribution in [-0.2, 0) is 6.42 Å². The van der Waals surface area contributed by atoms with Gasteiger partial charge in [0.05, 0.1) is 0 Å². The van der Waals surface area contributed by atoms with E-state index < -0.39 is 5.97 Å². The summed E-state index contributed by atoms with van der Waals surface area (Å²) in [5.74, 6) is 0.0529. The number of carboxylic acids is 1. The van der Waals surface area contributed by atoms with E-state index in [1.54, 1.807) is 0 Å². The first-order valence-corrected chi connectivity index (χ1v) is 7.07. The maximum Gasteiger partial charge on any atom is 0.358 e. The van der Waals surface area contributed by atoms with E-state index in [9.17, 15) is 9.90 Å². The van der Waals surface area contributed by atoms with Gasteiger partial charge < -0.3 is 9.52 Å². The highest BCUT2D eigenvalue weighted by molar-refractivity contribution is 5.87. The van der Waals surface area contributed by atoms with Crippen molar-refractivity contribution in [2.24, 2.45) is 11.3 Å². The van der Waals surface area contributed by atoms with Crippen LogP contribution in [0.1, 0.15) is 43.9 Å². The van der Waals surface area contributed by atoms with Crippen LogP contribution in [0.3, 0.4) is 0 Å². The number of carboxylic acid groups (broad SMARTS) is 1. The zero-order valence-electron chi connectivity index (χ0n) is 12.9. The van der Waals surface area contributed by atoms with Crippen molar-refractivity contribution in [2.75, 3.05) is 0 Å². The van der Waals surface area contributed by atoms with Gasteiger partial charge in [0.15, 0.2) is 5.69 Å². The fraction of sp³-hybridized carbons (Fsp3) is 0.412. The molecule has 0 fully saturated rings. The first-order chi connectivity index (χ1) is 9.79. The molecule has 0 aliphatic carbocycles. The van der Waals surface area contributed by atoms with Crippen LogP contribution in [0.5, 0.6) is 0 Å². The van der Waals surface area contributed by atoms with E-state index in [1.807, 2.05) is 30.3 Å².